The summed E-state index contributed by atoms with van der Waals surface area (Å²) in [5.74, 6) is 0. The molecule has 0 spiro atoms. The van der Waals surface area contributed by atoms with Crippen LogP contribution in [-0.4, -0.2) is 58.1 Å². The van der Waals surface area contributed by atoms with Gasteiger partial charge in [0, 0.05) is 0 Å². The Kier molecular flexibility index (Phi) is 8.87. The number of fused-ring (bicyclic) bond motifs is 1. The van der Waals surface area contributed by atoms with E-state index in [4.69, 9.17) is 4.74 Å². The molecule has 2 aromatic heterocycles. The number of benzene rings is 1. The van der Waals surface area contributed by atoms with Crippen molar-refractivity contribution in [1.29, 1.82) is 5.26 Å². The molecule has 0 bridgehead atoms. The summed E-state index contributed by atoms with van der Waals surface area (Å²) in [6.07, 6.45) is -10.2. The van der Waals surface area contributed by atoms with Gasteiger partial charge in [0.05, 0.1) is 0 Å². The molecule has 0 aliphatic carbocycles. The Bertz CT molecular complexity index is 1500. The zero-order valence-corrected chi connectivity index (χ0v) is 24.8. The number of hydrogen-bond donors (Lipinski definition) is 0. The van der Waals surface area contributed by atoms with Crippen molar-refractivity contribution in [2.45, 2.75) is 68.0 Å². The van der Waals surface area contributed by atoms with Gasteiger partial charge >= 0.3 is 242 Å². The molecule has 1 aliphatic rings. The van der Waals surface area contributed by atoms with Gasteiger partial charge in [-0.25, -0.2) is 0 Å². The maximum atomic E-state index is 13.8. The van der Waals surface area contributed by atoms with Crippen LogP contribution in [-0.2, 0) is 29.3 Å². The number of nitrogens with zero attached hydrogens (tertiary/aromatic N) is 7. The molecule has 0 radical (unpaired) electrons. The fourth-order valence-corrected chi connectivity index (χ4v) is 10.2. The second-order valence-corrected chi connectivity index (χ2v) is 14.7. The van der Waals surface area contributed by atoms with E-state index in [1.165, 1.54) is 24.1 Å². The van der Waals surface area contributed by atoms with Crippen molar-refractivity contribution >= 4 is 31.0 Å². The third kappa shape index (κ3) is 6.69. The summed E-state index contributed by atoms with van der Waals surface area (Å²) in [5.41, 5.74) is -2.15. The molecule has 0 saturated carbocycles. The summed E-state index contributed by atoms with van der Waals surface area (Å²) in [4.78, 5) is 19.6. The molecular weight excluding hydrogens is 631 g/mol. The van der Waals surface area contributed by atoms with E-state index in [9.17, 15) is 36.4 Å². The molecule has 3 heterocycles. The van der Waals surface area contributed by atoms with E-state index >= 15 is 0 Å². The van der Waals surface area contributed by atoms with Crippen molar-refractivity contribution in [3.63, 3.8) is 0 Å². The van der Waals surface area contributed by atoms with Crippen LogP contribution in [0, 0.1) is 11.3 Å². The SMILES string of the molecule is CC[C@@H]1C[C@H]([As](Cc2cc(C#N)cc(C(F)(F)F)c2)c2nnn(C)n2)c2nc(C(F)(F)F)ccc2N1C(=O)OC(C)C. The number of tetrazole rings is 1. The number of nitriles is 1. The second kappa shape index (κ2) is 11.9. The van der Waals surface area contributed by atoms with Crippen molar-refractivity contribution in [1.82, 2.24) is 25.2 Å². The number of rotatable bonds is 6. The Labute approximate surface area is 241 Å². The molecule has 0 fully saturated rings. The predicted molar refractivity (Wildman–Crippen MR) is 139 cm³/mol. The predicted octanol–water partition coefficient (Wildman–Crippen LogP) is 4.85. The molecule has 1 amide bonds. The summed E-state index contributed by atoms with van der Waals surface area (Å²) in [6.45, 7) is 5.10. The maximum absolute atomic E-state index is 13.8. The minimum absolute atomic E-state index is 0.0323. The van der Waals surface area contributed by atoms with E-state index in [1.807, 2.05) is 6.92 Å². The second-order valence-electron chi connectivity index (χ2n) is 9.95. The Morgan fingerprint density at radius 2 is 1.88 bits per heavy atom. The average molecular weight is 657 g/mol. The van der Waals surface area contributed by atoms with Gasteiger partial charge in [-0.2, -0.15) is 0 Å². The van der Waals surface area contributed by atoms with Gasteiger partial charge in [-0.15, -0.1) is 0 Å². The summed E-state index contributed by atoms with van der Waals surface area (Å²) in [5, 5.41) is 21.6. The molecule has 1 aliphatic heterocycles. The van der Waals surface area contributed by atoms with Crippen LogP contribution in [0.3, 0.4) is 0 Å². The van der Waals surface area contributed by atoms with Gasteiger partial charge in [-0.05, 0) is 0 Å². The summed E-state index contributed by atoms with van der Waals surface area (Å²) < 4.78 is 87.4. The van der Waals surface area contributed by atoms with Gasteiger partial charge in [0.15, 0.2) is 0 Å². The Hall–Kier alpha value is -3.66. The number of pyridine rings is 1. The van der Waals surface area contributed by atoms with E-state index in [0.717, 1.165) is 23.0 Å². The first-order valence-corrected chi connectivity index (χ1v) is 16.2. The van der Waals surface area contributed by atoms with Crippen molar-refractivity contribution in [2.75, 3.05) is 4.90 Å². The molecule has 224 valence electrons. The number of halogens is 6. The van der Waals surface area contributed by atoms with Crippen LogP contribution in [0.1, 0.15) is 66.4 Å². The zero-order valence-electron chi connectivity index (χ0n) is 22.9. The molecule has 4 rings (SSSR count). The first-order chi connectivity index (χ1) is 19.6. The van der Waals surface area contributed by atoms with E-state index in [-0.39, 0.29) is 38.7 Å². The Morgan fingerprint density at radius 3 is 2.43 bits per heavy atom. The van der Waals surface area contributed by atoms with Crippen LogP contribution in [0.25, 0.3) is 0 Å². The standard InChI is InChI=1S/C26H26AsF6N7O2/c1-5-18-11-19(22-20(40(18)24(41)42-14(2)3)6-7-21(35-22)26(31,32)33)27(23-36-38-39(4)37-23)12-15-8-16(13-34)10-17(9-15)25(28,29)30/h6-10,14,18-19H,5,11-12H2,1-4H3/t18-,19+,27?/m1/s1. The molecule has 3 atom stereocenters. The van der Waals surface area contributed by atoms with Gasteiger partial charge in [-0.1, -0.05) is 0 Å². The number of amides is 1. The van der Waals surface area contributed by atoms with Crippen LogP contribution in [0.4, 0.5) is 36.8 Å². The van der Waals surface area contributed by atoms with Gasteiger partial charge < -0.3 is 0 Å². The number of carbonyl (C=O) groups is 1. The van der Waals surface area contributed by atoms with Gasteiger partial charge in [0.2, 0.25) is 0 Å². The fraction of sp³-hybridized carbons (Fsp3) is 0.462. The molecule has 3 aromatic rings. The third-order valence-electron chi connectivity index (χ3n) is 6.57. The number of hydrogen-bond acceptors (Lipinski definition) is 7. The Balaban J connectivity index is 1.91. The summed E-state index contributed by atoms with van der Waals surface area (Å²) >= 11 is -2.92. The number of alkyl halides is 6. The van der Waals surface area contributed by atoms with Crippen LogP contribution in [0.2, 0.25) is 0 Å². The summed E-state index contributed by atoms with van der Waals surface area (Å²) in [7, 11) is 1.49. The molecule has 1 unspecified atom stereocenters. The summed E-state index contributed by atoms with van der Waals surface area (Å²) in [6, 6.07) is 6.16. The zero-order chi connectivity index (χ0) is 31.0. The normalized spacial score (nSPS) is 18.0. The van der Waals surface area contributed by atoms with Crippen LogP contribution in [0.5, 0.6) is 0 Å². The minimum atomic E-state index is -4.80. The average Bonchev–Trinajstić information content (AvgIpc) is 3.34. The monoisotopic (exact) mass is 657 g/mol. The van der Waals surface area contributed by atoms with E-state index in [0.29, 0.717) is 6.42 Å². The Morgan fingerprint density at radius 1 is 1.17 bits per heavy atom. The number of aryl methyl sites for hydroxylation is 1. The molecule has 42 heavy (non-hydrogen) atoms. The van der Waals surface area contributed by atoms with Crippen LogP contribution in [0.15, 0.2) is 30.3 Å². The quantitative estimate of drug-likeness (QED) is 0.275. The molecule has 1 aromatic carbocycles. The first kappa shape index (κ1) is 31.3. The topological polar surface area (TPSA) is 110 Å². The molecule has 0 saturated heterocycles. The van der Waals surface area contributed by atoms with Gasteiger partial charge in [0.1, 0.15) is 0 Å². The van der Waals surface area contributed by atoms with Crippen LogP contribution < -0.4 is 9.51 Å². The third-order valence-corrected chi connectivity index (χ3v) is 12.0. The number of ether oxygens (including phenoxy) is 1. The van der Waals surface area contributed by atoms with E-state index in [2.05, 4.69) is 20.4 Å². The van der Waals surface area contributed by atoms with E-state index in [1.54, 1.807) is 19.9 Å². The van der Waals surface area contributed by atoms with E-state index < -0.39 is 61.2 Å². The van der Waals surface area contributed by atoms with Crippen molar-refractivity contribution in [3.05, 3.63) is 58.4 Å². The number of carbonyl (C=O) groups excluding carboxylic acids is 1. The van der Waals surface area contributed by atoms with Crippen molar-refractivity contribution in [2.24, 2.45) is 7.05 Å². The molecule has 9 nitrogen and oxygen atoms in total. The van der Waals surface area contributed by atoms with Crippen molar-refractivity contribution < 1.29 is 35.9 Å². The molecule has 16 heteroatoms. The number of aromatic nitrogens is 5. The van der Waals surface area contributed by atoms with Gasteiger partial charge in [-0.3, -0.25) is 0 Å². The molecule has 0 N–H and O–H groups in total. The van der Waals surface area contributed by atoms with Crippen molar-refractivity contribution in [3.8, 4) is 6.07 Å². The fourth-order valence-electron chi connectivity index (χ4n) is 4.79. The first-order valence-electron chi connectivity index (χ1n) is 12.8. The number of anilines is 1. The molecular formula is C26H26AsF6N7O2. The van der Waals surface area contributed by atoms with Gasteiger partial charge in [0.25, 0.3) is 0 Å². The van der Waals surface area contributed by atoms with Crippen LogP contribution >= 0.6 is 0 Å².